The number of hydrogen-bond acceptors (Lipinski definition) is 3. The molecule has 4 heteroatoms. The lowest BCUT2D eigenvalue weighted by Crippen LogP contribution is -2.42. The topological polar surface area (TPSA) is 38.8 Å². The minimum absolute atomic E-state index is 0.111. The summed E-state index contributed by atoms with van der Waals surface area (Å²) >= 11 is 0. The molecule has 4 nitrogen and oxygen atoms in total. The number of amides is 1. The molecule has 4 rings (SSSR count). The standard InChI is InChI=1S/C21H23NO3/c1-22(13-18-14-24-19-7-2-3-8-20(19)25-18)21(23)12-15-9-10-16-5-4-6-17(16)11-15/h2-3,7-11,18H,4-6,12-14H2,1H3/t18-/m1/s1. The van der Waals surface area contributed by atoms with Crippen molar-refractivity contribution in [2.45, 2.75) is 31.8 Å². The Morgan fingerprint density at radius 2 is 1.92 bits per heavy atom. The third kappa shape index (κ3) is 3.48. The van der Waals surface area contributed by atoms with Crippen LogP contribution in [0.2, 0.25) is 0 Å². The molecule has 1 aliphatic heterocycles. The lowest BCUT2D eigenvalue weighted by atomic mass is 10.0. The van der Waals surface area contributed by atoms with E-state index in [1.807, 2.05) is 31.3 Å². The molecule has 130 valence electrons. The van der Waals surface area contributed by atoms with E-state index in [9.17, 15) is 4.79 Å². The van der Waals surface area contributed by atoms with Gasteiger partial charge in [-0.25, -0.2) is 0 Å². The molecule has 0 saturated carbocycles. The van der Waals surface area contributed by atoms with Gasteiger partial charge in [-0.1, -0.05) is 30.3 Å². The number of rotatable bonds is 4. The van der Waals surface area contributed by atoms with Gasteiger partial charge >= 0.3 is 0 Å². The van der Waals surface area contributed by atoms with Gasteiger partial charge in [0.2, 0.25) is 5.91 Å². The predicted molar refractivity (Wildman–Crippen MR) is 96.2 cm³/mol. The van der Waals surface area contributed by atoms with Gasteiger partial charge in [0.25, 0.3) is 0 Å². The van der Waals surface area contributed by atoms with E-state index in [2.05, 4.69) is 18.2 Å². The third-order valence-corrected chi connectivity index (χ3v) is 4.99. The van der Waals surface area contributed by atoms with E-state index in [0.29, 0.717) is 19.6 Å². The summed E-state index contributed by atoms with van der Waals surface area (Å²) in [6.45, 7) is 0.992. The maximum absolute atomic E-state index is 12.6. The van der Waals surface area contributed by atoms with Crippen LogP contribution >= 0.6 is 0 Å². The molecule has 25 heavy (non-hydrogen) atoms. The number of aryl methyl sites for hydroxylation is 2. The first-order valence-corrected chi connectivity index (χ1v) is 8.92. The number of ether oxygens (including phenoxy) is 2. The van der Waals surface area contributed by atoms with E-state index < -0.39 is 0 Å². The minimum atomic E-state index is -0.135. The van der Waals surface area contributed by atoms with E-state index in [4.69, 9.17) is 9.47 Å². The SMILES string of the molecule is CN(C[C@@H]1COc2ccccc2O1)C(=O)Cc1ccc2c(c1)CCC2. The highest BCUT2D eigenvalue weighted by Gasteiger charge is 2.24. The van der Waals surface area contributed by atoms with E-state index in [1.54, 1.807) is 4.90 Å². The molecule has 2 aromatic carbocycles. The summed E-state index contributed by atoms with van der Waals surface area (Å²) in [5.41, 5.74) is 3.95. The molecular weight excluding hydrogens is 314 g/mol. The van der Waals surface area contributed by atoms with Gasteiger partial charge in [-0.3, -0.25) is 4.79 Å². The fourth-order valence-corrected chi connectivity index (χ4v) is 3.61. The maximum Gasteiger partial charge on any atom is 0.226 e. The van der Waals surface area contributed by atoms with Crippen molar-refractivity contribution in [3.05, 3.63) is 59.2 Å². The van der Waals surface area contributed by atoms with Gasteiger partial charge in [-0.15, -0.1) is 0 Å². The maximum atomic E-state index is 12.6. The second-order valence-electron chi connectivity index (χ2n) is 6.91. The van der Waals surface area contributed by atoms with E-state index in [0.717, 1.165) is 23.5 Å². The Balaban J connectivity index is 1.35. The van der Waals surface area contributed by atoms with Crippen LogP contribution in [0.25, 0.3) is 0 Å². The van der Waals surface area contributed by atoms with Crippen LogP contribution in [0, 0.1) is 0 Å². The molecule has 0 saturated heterocycles. The summed E-state index contributed by atoms with van der Waals surface area (Å²) in [4.78, 5) is 14.3. The molecule has 0 fully saturated rings. The van der Waals surface area contributed by atoms with Gasteiger partial charge in [0.15, 0.2) is 17.6 Å². The molecule has 2 aliphatic rings. The van der Waals surface area contributed by atoms with Gasteiger partial charge in [0, 0.05) is 7.05 Å². The largest absolute Gasteiger partial charge is 0.486 e. The zero-order valence-electron chi connectivity index (χ0n) is 14.5. The van der Waals surface area contributed by atoms with Crippen LogP contribution in [0.15, 0.2) is 42.5 Å². The van der Waals surface area contributed by atoms with Crippen LogP contribution in [0.4, 0.5) is 0 Å². The Bertz CT molecular complexity index is 786. The molecule has 0 unspecified atom stereocenters. The summed E-state index contributed by atoms with van der Waals surface area (Å²) in [7, 11) is 1.83. The number of para-hydroxylation sites is 2. The van der Waals surface area contributed by atoms with Gasteiger partial charge in [0.05, 0.1) is 13.0 Å². The number of fused-ring (bicyclic) bond motifs is 2. The van der Waals surface area contributed by atoms with Gasteiger partial charge in [-0.2, -0.15) is 0 Å². The average molecular weight is 337 g/mol. The van der Waals surface area contributed by atoms with Crippen molar-refractivity contribution in [2.75, 3.05) is 20.2 Å². The van der Waals surface area contributed by atoms with Crippen molar-refractivity contribution in [3.63, 3.8) is 0 Å². The van der Waals surface area contributed by atoms with E-state index in [1.165, 1.54) is 24.0 Å². The van der Waals surface area contributed by atoms with Crippen molar-refractivity contribution in [3.8, 4) is 11.5 Å². The number of likely N-dealkylation sites (N-methyl/N-ethyl adjacent to an activating group) is 1. The van der Waals surface area contributed by atoms with Crippen LogP contribution in [-0.2, 0) is 24.1 Å². The first-order valence-electron chi connectivity index (χ1n) is 8.92. The van der Waals surface area contributed by atoms with Crippen LogP contribution in [0.5, 0.6) is 11.5 Å². The quantitative estimate of drug-likeness (QED) is 0.861. The lowest BCUT2D eigenvalue weighted by Gasteiger charge is -2.29. The lowest BCUT2D eigenvalue weighted by molar-refractivity contribution is -0.130. The highest BCUT2D eigenvalue weighted by atomic mass is 16.6. The van der Waals surface area contributed by atoms with Crippen molar-refractivity contribution in [1.29, 1.82) is 0 Å². The van der Waals surface area contributed by atoms with Crippen LogP contribution < -0.4 is 9.47 Å². The van der Waals surface area contributed by atoms with Crippen LogP contribution in [-0.4, -0.2) is 37.1 Å². The smallest absolute Gasteiger partial charge is 0.226 e. The zero-order chi connectivity index (χ0) is 17.2. The second-order valence-corrected chi connectivity index (χ2v) is 6.91. The molecule has 0 N–H and O–H groups in total. The van der Waals surface area contributed by atoms with Crippen molar-refractivity contribution in [1.82, 2.24) is 4.90 Å². The first-order chi connectivity index (χ1) is 12.2. The normalized spacial score (nSPS) is 17.9. The van der Waals surface area contributed by atoms with Crippen molar-refractivity contribution in [2.24, 2.45) is 0 Å². The molecule has 0 spiro atoms. The van der Waals surface area contributed by atoms with Gasteiger partial charge in [-0.05, 0) is 48.1 Å². The molecule has 1 aliphatic carbocycles. The second kappa shape index (κ2) is 6.79. The molecule has 0 bridgehead atoms. The molecule has 1 amide bonds. The summed E-state index contributed by atoms with van der Waals surface area (Å²) in [6.07, 6.45) is 3.84. The summed E-state index contributed by atoms with van der Waals surface area (Å²) in [5, 5.41) is 0. The molecular formula is C21H23NO3. The Hall–Kier alpha value is -2.49. The monoisotopic (exact) mass is 337 g/mol. The predicted octanol–water partition coefficient (Wildman–Crippen LogP) is 3.02. The van der Waals surface area contributed by atoms with Crippen LogP contribution in [0.3, 0.4) is 0 Å². The Morgan fingerprint density at radius 1 is 1.12 bits per heavy atom. The zero-order valence-corrected chi connectivity index (χ0v) is 14.5. The minimum Gasteiger partial charge on any atom is -0.486 e. The number of benzene rings is 2. The third-order valence-electron chi connectivity index (χ3n) is 4.99. The van der Waals surface area contributed by atoms with E-state index in [-0.39, 0.29) is 12.0 Å². The number of carbonyl (C=O) groups excluding carboxylic acids is 1. The van der Waals surface area contributed by atoms with E-state index >= 15 is 0 Å². The van der Waals surface area contributed by atoms with Gasteiger partial charge in [0.1, 0.15) is 6.61 Å². The highest BCUT2D eigenvalue weighted by molar-refractivity contribution is 5.78. The molecule has 1 atom stereocenters. The van der Waals surface area contributed by atoms with Crippen molar-refractivity contribution < 1.29 is 14.3 Å². The van der Waals surface area contributed by atoms with Gasteiger partial charge < -0.3 is 14.4 Å². The number of carbonyl (C=O) groups is 1. The van der Waals surface area contributed by atoms with Crippen molar-refractivity contribution >= 4 is 5.91 Å². The first kappa shape index (κ1) is 16.0. The fourth-order valence-electron chi connectivity index (χ4n) is 3.61. The Morgan fingerprint density at radius 3 is 2.80 bits per heavy atom. The molecule has 0 radical (unpaired) electrons. The Kier molecular flexibility index (Phi) is 4.35. The summed E-state index contributed by atoms with van der Waals surface area (Å²) in [5.74, 6) is 1.63. The molecule has 1 heterocycles. The Labute approximate surface area is 148 Å². The molecule has 2 aromatic rings. The summed E-state index contributed by atoms with van der Waals surface area (Å²) < 4.78 is 11.7. The summed E-state index contributed by atoms with van der Waals surface area (Å²) in [6, 6.07) is 14.1. The fraction of sp³-hybridized carbons (Fsp3) is 0.381. The number of hydrogen-bond donors (Lipinski definition) is 0. The average Bonchev–Trinajstić information content (AvgIpc) is 3.09. The number of nitrogens with zero attached hydrogens (tertiary/aromatic N) is 1. The van der Waals surface area contributed by atoms with Crippen LogP contribution in [0.1, 0.15) is 23.1 Å². The highest BCUT2D eigenvalue weighted by Crippen LogP contribution is 2.31. The molecule has 0 aromatic heterocycles.